The summed E-state index contributed by atoms with van der Waals surface area (Å²) in [4.78, 5) is 25.8. The fourth-order valence-corrected chi connectivity index (χ4v) is 8.39. The first-order valence-electron chi connectivity index (χ1n) is 11.0. The lowest BCUT2D eigenvalue weighted by Gasteiger charge is -2.38. The van der Waals surface area contributed by atoms with E-state index in [1.165, 1.54) is 13.1 Å². The highest BCUT2D eigenvalue weighted by atomic mass is 33.1. The Bertz CT molecular complexity index is 1210. The number of fused-ring (bicyclic) bond motifs is 1. The normalized spacial score (nSPS) is 37.1. The third kappa shape index (κ3) is 5.34. The number of hydrogen-bond acceptors (Lipinski definition) is 11. The monoisotopic (exact) mass is 544 g/mol. The van der Waals surface area contributed by atoms with Crippen molar-refractivity contribution in [1.82, 2.24) is 9.55 Å². The summed E-state index contributed by atoms with van der Waals surface area (Å²) in [7, 11) is -0.876. The number of aromatic amines is 1. The van der Waals surface area contributed by atoms with Crippen LogP contribution in [0, 0.1) is 0 Å². The van der Waals surface area contributed by atoms with E-state index in [1.54, 1.807) is 21.6 Å². The van der Waals surface area contributed by atoms with Crippen LogP contribution in [0.1, 0.15) is 18.7 Å². The number of ether oxygens (including phenoxy) is 2. The SMILES string of the molecule is C[C@@]1(O)[C@@H]2OP(=O)(O[C@H]3CSSC[C@@H]3OCc3ccccc3)OC[C@H]2O[C@H]1n1ccc(=O)[nH]c1=O. The van der Waals surface area contributed by atoms with Crippen LogP contribution >= 0.6 is 29.4 Å². The van der Waals surface area contributed by atoms with E-state index in [0.29, 0.717) is 18.1 Å². The van der Waals surface area contributed by atoms with Gasteiger partial charge in [-0.25, -0.2) is 9.36 Å². The van der Waals surface area contributed by atoms with Crippen molar-refractivity contribution in [2.45, 2.75) is 49.8 Å². The van der Waals surface area contributed by atoms with E-state index in [-0.39, 0.29) is 12.7 Å². The quantitative estimate of drug-likeness (QED) is 0.408. The summed E-state index contributed by atoms with van der Waals surface area (Å²) in [5.41, 5.74) is -2.09. The van der Waals surface area contributed by atoms with Crippen molar-refractivity contribution < 1.29 is 32.7 Å². The number of benzene rings is 1. The van der Waals surface area contributed by atoms with Crippen molar-refractivity contribution in [3.63, 3.8) is 0 Å². The van der Waals surface area contributed by atoms with E-state index < -0.39 is 49.2 Å². The molecule has 1 aromatic heterocycles. The van der Waals surface area contributed by atoms with Gasteiger partial charge in [0.25, 0.3) is 5.56 Å². The maximum atomic E-state index is 13.5. The molecule has 3 aliphatic rings. The van der Waals surface area contributed by atoms with Crippen LogP contribution in [-0.2, 0) is 34.2 Å². The van der Waals surface area contributed by atoms with Gasteiger partial charge in [0.2, 0.25) is 0 Å². The van der Waals surface area contributed by atoms with Crippen LogP contribution in [0.5, 0.6) is 0 Å². The standard InChI is InChI=1S/C21H25N2O9PS2/c1-21(26)18-14(30-19(21)23-8-7-17(24)22-20(23)25)10-29-33(27,32-18)31-16-12-35-34-11-15(16)28-9-13-5-3-2-4-6-13/h2-8,14-16,18-19,26H,9-12H2,1H3,(H,22,24,25)/t14-,15+,16+,18-,19-,21-,33?/m1/s1. The molecule has 0 aliphatic carbocycles. The van der Waals surface area contributed by atoms with Crippen molar-refractivity contribution in [3.8, 4) is 0 Å². The summed E-state index contributed by atoms with van der Waals surface area (Å²) >= 11 is 0. The molecule has 0 amide bonds. The van der Waals surface area contributed by atoms with Crippen LogP contribution in [0.25, 0.3) is 0 Å². The molecule has 0 spiro atoms. The molecule has 7 atom stereocenters. The van der Waals surface area contributed by atoms with Gasteiger partial charge in [0, 0.05) is 23.8 Å². The summed E-state index contributed by atoms with van der Waals surface area (Å²) in [6.07, 6.45) is -2.77. The predicted molar refractivity (Wildman–Crippen MR) is 129 cm³/mol. The van der Waals surface area contributed by atoms with Crippen molar-refractivity contribution in [1.29, 1.82) is 0 Å². The first kappa shape index (κ1) is 25.2. The predicted octanol–water partition coefficient (Wildman–Crippen LogP) is 2.07. The molecule has 35 heavy (non-hydrogen) atoms. The minimum Gasteiger partial charge on any atom is -0.383 e. The van der Waals surface area contributed by atoms with Gasteiger partial charge in [-0.15, -0.1) is 0 Å². The summed E-state index contributed by atoms with van der Waals surface area (Å²) in [6, 6.07) is 10.9. The Hall–Kier alpha value is -1.41. The molecule has 2 N–H and O–H groups in total. The Morgan fingerprint density at radius 2 is 1.94 bits per heavy atom. The van der Waals surface area contributed by atoms with Crippen molar-refractivity contribution in [3.05, 3.63) is 69.0 Å². The van der Waals surface area contributed by atoms with Crippen molar-refractivity contribution in [2.24, 2.45) is 0 Å². The highest BCUT2D eigenvalue weighted by molar-refractivity contribution is 8.76. The first-order chi connectivity index (χ1) is 16.7. The maximum absolute atomic E-state index is 13.5. The number of H-pyrrole nitrogens is 1. The van der Waals surface area contributed by atoms with Gasteiger partial charge in [0.1, 0.15) is 23.9 Å². The van der Waals surface area contributed by atoms with Gasteiger partial charge in [-0.3, -0.25) is 27.9 Å². The molecule has 11 nitrogen and oxygen atoms in total. The highest BCUT2D eigenvalue weighted by Crippen LogP contribution is 2.60. The Morgan fingerprint density at radius 3 is 2.69 bits per heavy atom. The molecule has 4 heterocycles. The lowest BCUT2D eigenvalue weighted by Crippen LogP contribution is -2.49. The second-order valence-corrected chi connectivity index (χ2v) is 12.7. The fraction of sp³-hybridized carbons (Fsp3) is 0.524. The first-order valence-corrected chi connectivity index (χ1v) is 14.9. The molecule has 3 saturated heterocycles. The lowest BCUT2D eigenvalue weighted by atomic mass is 9.96. The molecule has 5 rings (SSSR count). The van der Waals surface area contributed by atoms with E-state index >= 15 is 0 Å². The number of aromatic nitrogens is 2. The molecule has 0 bridgehead atoms. The minimum absolute atomic E-state index is 0.170. The Balaban J connectivity index is 1.29. The molecule has 3 aliphatic heterocycles. The van der Waals surface area contributed by atoms with E-state index in [1.807, 2.05) is 30.3 Å². The van der Waals surface area contributed by atoms with Crippen LogP contribution in [0.15, 0.2) is 52.2 Å². The average molecular weight is 545 g/mol. The summed E-state index contributed by atoms with van der Waals surface area (Å²) in [6.45, 7) is 1.62. The number of rotatable bonds is 6. The molecule has 0 saturated carbocycles. The van der Waals surface area contributed by atoms with Gasteiger partial charge in [0.05, 0.1) is 19.3 Å². The summed E-state index contributed by atoms with van der Waals surface area (Å²) < 4.78 is 43.5. The Morgan fingerprint density at radius 1 is 1.20 bits per heavy atom. The Labute approximate surface area is 208 Å². The highest BCUT2D eigenvalue weighted by Gasteiger charge is 2.60. The second kappa shape index (κ2) is 10.2. The van der Waals surface area contributed by atoms with Crippen LogP contribution < -0.4 is 11.2 Å². The zero-order valence-electron chi connectivity index (χ0n) is 18.7. The number of phosphoric ester groups is 1. The van der Waals surface area contributed by atoms with Gasteiger partial charge in [0.15, 0.2) is 6.23 Å². The number of aliphatic hydroxyl groups is 1. The van der Waals surface area contributed by atoms with Gasteiger partial charge >= 0.3 is 13.5 Å². The van der Waals surface area contributed by atoms with Crippen molar-refractivity contribution >= 4 is 29.4 Å². The minimum atomic E-state index is -4.09. The Kier molecular flexibility index (Phi) is 7.33. The van der Waals surface area contributed by atoms with Crippen LogP contribution in [0.3, 0.4) is 0 Å². The van der Waals surface area contributed by atoms with E-state index in [4.69, 9.17) is 23.0 Å². The molecule has 1 aromatic carbocycles. The summed E-state index contributed by atoms with van der Waals surface area (Å²) in [5.74, 6) is 1.14. The molecule has 3 fully saturated rings. The van der Waals surface area contributed by atoms with E-state index in [2.05, 4.69) is 4.98 Å². The second-order valence-electron chi connectivity index (χ2n) is 8.59. The number of phosphoric acid groups is 1. The largest absolute Gasteiger partial charge is 0.475 e. The maximum Gasteiger partial charge on any atom is 0.475 e. The van der Waals surface area contributed by atoms with Gasteiger partial charge in [-0.05, 0) is 12.5 Å². The third-order valence-electron chi connectivity index (χ3n) is 5.99. The fourth-order valence-electron chi connectivity index (χ4n) is 4.18. The average Bonchev–Trinajstić information content (AvgIpc) is 3.08. The van der Waals surface area contributed by atoms with Crippen LogP contribution in [-0.4, -0.2) is 62.8 Å². The molecule has 1 unspecified atom stereocenters. The van der Waals surface area contributed by atoms with E-state index in [0.717, 1.165) is 16.2 Å². The molecular weight excluding hydrogens is 519 g/mol. The smallest absolute Gasteiger partial charge is 0.383 e. The lowest BCUT2D eigenvalue weighted by molar-refractivity contribution is -0.0983. The molecule has 2 aromatic rings. The zero-order valence-corrected chi connectivity index (χ0v) is 21.2. The van der Waals surface area contributed by atoms with Crippen molar-refractivity contribution in [2.75, 3.05) is 18.1 Å². The summed E-state index contributed by atoms with van der Waals surface area (Å²) in [5, 5.41) is 11.2. The zero-order chi connectivity index (χ0) is 24.6. The van der Waals surface area contributed by atoms with Crippen LogP contribution in [0.4, 0.5) is 0 Å². The van der Waals surface area contributed by atoms with E-state index in [9.17, 15) is 19.3 Å². The molecule has 14 heteroatoms. The van der Waals surface area contributed by atoms with Crippen LogP contribution in [0.2, 0.25) is 0 Å². The molecule has 190 valence electrons. The third-order valence-corrected chi connectivity index (χ3v) is 9.89. The number of hydrogen-bond donors (Lipinski definition) is 2. The number of nitrogens with zero attached hydrogens (tertiary/aromatic N) is 1. The molecular formula is C21H25N2O9PS2. The number of nitrogens with one attached hydrogen (secondary N) is 1. The van der Waals surface area contributed by atoms with Gasteiger partial charge < -0.3 is 14.6 Å². The van der Waals surface area contributed by atoms with Gasteiger partial charge in [-0.1, -0.05) is 51.9 Å². The van der Waals surface area contributed by atoms with Gasteiger partial charge in [-0.2, -0.15) is 0 Å². The molecule has 0 radical (unpaired) electrons. The topological polar surface area (TPSA) is 138 Å².